The first kappa shape index (κ1) is 13.7. The Morgan fingerprint density at radius 3 is 2.65 bits per heavy atom. The van der Waals surface area contributed by atoms with Crippen LogP contribution in [0.4, 0.5) is 0 Å². The van der Waals surface area contributed by atoms with E-state index in [0.29, 0.717) is 22.9 Å². The van der Waals surface area contributed by atoms with Crippen molar-refractivity contribution in [3.05, 3.63) is 34.3 Å². The van der Waals surface area contributed by atoms with Crippen molar-refractivity contribution in [2.45, 2.75) is 27.2 Å². The second kappa shape index (κ2) is 5.84. The number of Topliss-reactive ketones (excluding diaryl/α,β-unsaturated/α-hetero) is 1. The van der Waals surface area contributed by atoms with Crippen LogP contribution in [0.3, 0.4) is 0 Å². The molecule has 0 spiro atoms. The zero-order valence-corrected chi connectivity index (χ0v) is 11.1. The van der Waals surface area contributed by atoms with Crippen LogP contribution in [0.1, 0.15) is 36.2 Å². The highest BCUT2D eigenvalue weighted by Gasteiger charge is 2.23. The number of ketones is 1. The number of nitriles is 1. The summed E-state index contributed by atoms with van der Waals surface area (Å²) in [5.74, 6) is -0.462. The molecule has 3 heteroatoms. The second-order valence-corrected chi connectivity index (χ2v) is 4.99. The van der Waals surface area contributed by atoms with Crippen LogP contribution in [-0.2, 0) is 0 Å². The van der Waals surface area contributed by atoms with Crippen molar-refractivity contribution < 1.29 is 4.79 Å². The van der Waals surface area contributed by atoms with E-state index < -0.39 is 5.92 Å². The number of rotatable bonds is 4. The van der Waals surface area contributed by atoms with Crippen LogP contribution in [0.5, 0.6) is 0 Å². The quantitative estimate of drug-likeness (QED) is 0.757. The van der Waals surface area contributed by atoms with Gasteiger partial charge >= 0.3 is 0 Å². The number of hydrogen-bond donors (Lipinski definition) is 0. The molecule has 0 heterocycles. The number of benzene rings is 1. The number of halogens is 1. The Morgan fingerprint density at radius 1 is 1.47 bits per heavy atom. The van der Waals surface area contributed by atoms with E-state index >= 15 is 0 Å². The van der Waals surface area contributed by atoms with Gasteiger partial charge in [0.1, 0.15) is 5.92 Å². The first-order chi connectivity index (χ1) is 7.97. The molecule has 1 aromatic carbocycles. The minimum absolute atomic E-state index is 0.171. The van der Waals surface area contributed by atoms with Gasteiger partial charge < -0.3 is 0 Å². The summed E-state index contributed by atoms with van der Waals surface area (Å²) in [6.45, 7) is 5.84. The minimum atomic E-state index is -0.603. The van der Waals surface area contributed by atoms with Gasteiger partial charge in [-0.1, -0.05) is 37.6 Å². The smallest absolute Gasteiger partial charge is 0.181 e. The van der Waals surface area contributed by atoms with Crippen LogP contribution in [0.25, 0.3) is 0 Å². The van der Waals surface area contributed by atoms with Gasteiger partial charge in [0.2, 0.25) is 0 Å². The molecule has 0 radical (unpaired) electrons. The monoisotopic (exact) mass is 249 g/mol. The Bertz CT molecular complexity index is 460. The number of carbonyl (C=O) groups excluding carboxylic acids is 1. The predicted octanol–water partition coefficient (Wildman–Crippen LogP) is 4.02. The molecule has 1 aromatic rings. The fraction of sp³-hybridized carbons (Fsp3) is 0.429. The summed E-state index contributed by atoms with van der Waals surface area (Å²) in [6, 6.07) is 7.39. The van der Waals surface area contributed by atoms with E-state index in [9.17, 15) is 4.79 Å². The van der Waals surface area contributed by atoms with E-state index in [4.69, 9.17) is 16.9 Å². The van der Waals surface area contributed by atoms with Crippen molar-refractivity contribution in [3.63, 3.8) is 0 Å². The maximum atomic E-state index is 12.2. The van der Waals surface area contributed by atoms with E-state index in [2.05, 4.69) is 6.07 Å². The van der Waals surface area contributed by atoms with Crippen LogP contribution in [-0.4, -0.2) is 5.78 Å². The molecule has 0 saturated carbocycles. The molecule has 90 valence electrons. The molecule has 2 nitrogen and oxygen atoms in total. The molecular formula is C14H16ClNO. The molecule has 0 aliphatic heterocycles. The molecule has 0 aliphatic carbocycles. The molecule has 0 aromatic heterocycles. The van der Waals surface area contributed by atoms with Crippen molar-refractivity contribution in [1.29, 1.82) is 5.26 Å². The number of aryl methyl sites for hydroxylation is 1. The highest BCUT2D eigenvalue weighted by Crippen LogP contribution is 2.25. The van der Waals surface area contributed by atoms with Crippen LogP contribution >= 0.6 is 11.6 Å². The van der Waals surface area contributed by atoms with Gasteiger partial charge in [-0.3, -0.25) is 4.79 Å². The second-order valence-electron chi connectivity index (χ2n) is 4.61. The third-order valence-corrected chi connectivity index (χ3v) is 3.14. The number of hydrogen-bond acceptors (Lipinski definition) is 2. The molecule has 0 fully saturated rings. The average molecular weight is 250 g/mol. The van der Waals surface area contributed by atoms with Crippen molar-refractivity contribution in [1.82, 2.24) is 0 Å². The van der Waals surface area contributed by atoms with Crippen molar-refractivity contribution in [2.75, 3.05) is 0 Å². The van der Waals surface area contributed by atoms with E-state index in [1.165, 1.54) is 0 Å². The SMILES string of the molecule is Cc1cccc(C(=O)C(C#N)CC(C)C)c1Cl. The molecule has 17 heavy (non-hydrogen) atoms. The standard InChI is InChI=1S/C14H16ClNO/c1-9(2)7-11(8-16)14(17)12-6-4-5-10(3)13(12)15/h4-6,9,11H,7H2,1-3H3. The van der Waals surface area contributed by atoms with Gasteiger partial charge in [-0.2, -0.15) is 5.26 Å². The lowest BCUT2D eigenvalue weighted by Crippen LogP contribution is -2.16. The van der Waals surface area contributed by atoms with Crippen molar-refractivity contribution in [2.24, 2.45) is 11.8 Å². The Labute approximate surface area is 107 Å². The summed E-state index contributed by atoms with van der Waals surface area (Å²) >= 11 is 6.10. The first-order valence-corrected chi connectivity index (χ1v) is 6.04. The third kappa shape index (κ3) is 3.31. The van der Waals surface area contributed by atoms with E-state index in [-0.39, 0.29) is 5.78 Å². The summed E-state index contributed by atoms with van der Waals surface area (Å²) in [7, 11) is 0. The molecule has 0 saturated heterocycles. The minimum Gasteiger partial charge on any atom is -0.293 e. The molecule has 0 aliphatic rings. The van der Waals surface area contributed by atoms with Crippen LogP contribution in [0.2, 0.25) is 5.02 Å². The number of carbonyl (C=O) groups is 1. The predicted molar refractivity (Wildman–Crippen MR) is 69.1 cm³/mol. The maximum absolute atomic E-state index is 12.2. The lowest BCUT2D eigenvalue weighted by atomic mass is 9.90. The normalized spacial score (nSPS) is 12.2. The van der Waals surface area contributed by atoms with Crippen LogP contribution < -0.4 is 0 Å². The van der Waals surface area contributed by atoms with Crippen molar-refractivity contribution >= 4 is 17.4 Å². The Kier molecular flexibility index (Phi) is 4.72. The van der Waals surface area contributed by atoms with E-state index in [0.717, 1.165) is 5.56 Å². The lowest BCUT2D eigenvalue weighted by molar-refractivity contribution is 0.0937. The van der Waals surface area contributed by atoms with Gasteiger partial charge in [-0.15, -0.1) is 0 Å². The average Bonchev–Trinajstić information content (AvgIpc) is 2.28. The van der Waals surface area contributed by atoms with Gasteiger partial charge in [0.25, 0.3) is 0 Å². The van der Waals surface area contributed by atoms with Gasteiger partial charge in [0, 0.05) is 5.56 Å². The highest BCUT2D eigenvalue weighted by molar-refractivity contribution is 6.34. The largest absolute Gasteiger partial charge is 0.293 e. The van der Waals surface area contributed by atoms with Gasteiger partial charge in [-0.25, -0.2) is 0 Å². The Hall–Kier alpha value is -1.33. The third-order valence-electron chi connectivity index (χ3n) is 2.64. The van der Waals surface area contributed by atoms with Crippen LogP contribution in [0.15, 0.2) is 18.2 Å². The highest BCUT2D eigenvalue weighted by atomic mass is 35.5. The molecular weight excluding hydrogens is 234 g/mol. The fourth-order valence-electron chi connectivity index (χ4n) is 1.72. The summed E-state index contributed by atoms with van der Waals surface area (Å²) in [5, 5.41) is 9.51. The summed E-state index contributed by atoms with van der Waals surface area (Å²) in [4.78, 5) is 12.2. The Morgan fingerprint density at radius 2 is 2.12 bits per heavy atom. The van der Waals surface area contributed by atoms with E-state index in [1.54, 1.807) is 12.1 Å². The van der Waals surface area contributed by atoms with Crippen LogP contribution in [0, 0.1) is 30.1 Å². The molecule has 0 amide bonds. The topological polar surface area (TPSA) is 40.9 Å². The fourth-order valence-corrected chi connectivity index (χ4v) is 1.93. The van der Waals surface area contributed by atoms with Crippen molar-refractivity contribution in [3.8, 4) is 6.07 Å². The zero-order valence-electron chi connectivity index (χ0n) is 10.3. The molecule has 1 atom stereocenters. The van der Waals surface area contributed by atoms with E-state index in [1.807, 2.05) is 26.8 Å². The first-order valence-electron chi connectivity index (χ1n) is 5.66. The van der Waals surface area contributed by atoms with Gasteiger partial charge in [0.15, 0.2) is 5.78 Å². The molecule has 1 rings (SSSR count). The zero-order chi connectivity index (χ0) is 13.0. The maximum Gasteiger partial charge on any atom is 0.181 e. The Balaban J connectivity index is 3.03. The lowest BCUT2D eigenvalue weighted by Gasteiger charge is -2.12. The molecule has 0 N–H and O–H groups in total. The number of nitrogens with zero attached hydrogens (tertiary/aromatic N) is 1. The summed E-state index contributed by atoms with van der Waals surface area (Å²) in [6.07, 6.45) is 0.569. The van der Waals surface area contributed by atoms with Gasteiger partial charge in [0.05, 0.1) is 11.1 Å². The molecule has 1 unspecified atom stereocenters. The van der Waals surface area contributed by atoms with Gasteiger partial charge in [-0.05, 0) is 30.9 Å². The summed E-state index contributed by atoms with van der Waals surface area (Å²) in [5.41, 5.74) is 1.32. The summed E-state index contributed by atoms with van der Waals surface area (Å²) < 4.78 is 0. The molecule has 0 bridgehead atoms.